The second-order valence-corrected chi connectivity index (χ2v) is 4.55. The largest absolute Gasteiger partial charge is 0.425 e. The minimum absolute atomic E-state index is 0.0445. The number of aryl methyl sites for hydroxylation is 1. The molecule has 2 heterocycles. The lowest BCUT2D eigenvalue weighted by atomic mass is 10.1. The molecule has 0 unspecified atom stereocenters. The summed E-state index contributed by atoms with van der Waals surface area (Å²) in [6, 6.07) is 1.81. The van der Waals surface area contributed by atoms with Crippen molar-refractivity contribution in [3.05, 3.63) is 17.4 Å². The first-order valence-corrected chi connectivity index (χ1v) is 6.18. The maximum absolute atomic E-state index is 11.0. The Morgan fingerprint density at radius 3 is 2.67 bits per heavy atom. The summed E-state index contributed by atoms with van der Waals surface area (Å²) in [6.45, 7) is 5.02. The zero-order chi connectivity index (χ0) is 13.1. The number of nitrogens with zero attached hydrogens (tertiary/aromatic N) is 4. The van der Waals surface area contributed by atoms with Gasteiger partial charge < -0.3 is 10.1 Å². The number of hydrogen-bond acceptors (Lipinski definition) is 4. The third kappa shape index (κ3) is 2.69. The number of piperidine rings is 1. The molecule has 98 valence electrons. The molecule has 0 aromatic carbocycles. The molecule has 0 bridgehead atoms. The molecule has 0 spiro atoms. The summed E-state index contributed by atoms with van der Waals surface area (Å²) in [4.78, 5) is 21.1. The van der Waals surface area contributed by atoms with E-state index in [0.717, 1.165) is 36.5 Å². The van der Waals surface area contributed by atoms with E-state index in [1.165, 1.54) is 13.3 Å². The smallest absolute Gasteiger partial charge is 0.268 e. The van der Waals surface area contributed by atoms with Gasteiger partial charge in [0.25, 0.3) is 5.62 Å². The Morgan fingerprint density at radius 2 is 2.06 bits per heavy atom. The van der Waals surface area contributed by atoms with E-state index in [2.05, 4.69) is 14.9 Å². The number of aromatic nitrogens is 2. The van der Waals surface area contributed by atoms with Gasteiger partial charge in [0.05, 0.1) is 5.69 Å². The van der Waals surface area contributed by atoms with Crippen LogP contribution in [0, 0.1) is 6.92 Å². The number of amides is 1. The van der Waals surface area contributed by atoms with Gasteiger partial charge in [-0.05, 0) is 26.2 Å². The van der Waals surface area contributed by atoms with E-state index >= 15 is 0 Å². The summed E-state index contributed by atoms with van der Waals surface area (Å²) in [7, 11) is 0. The van der Waals surface area contributed by atoms with E-state index < -0.39 is 0 Å². The molecule has 2 rings (SSSR count). The van der Waals surface area contributed by atoms with Gasteiger partial charge >= 0.3 is 0 Å². The van der Waals surface area contributed by atoms with E-state index in [1.54, 1.807) is 6.92 Å². The van der Waals surface area contributed by atoms with Crippen LogP contribution in [-0.2, 0) is 4.79 Å². The number of carbonyl (C=O) groups excluding carboxylic acids is 1. The van der Waals surface area contributed by atoms with E-state index in [4.69, 9.17) is 0 Å². The van der Waals surface area contributed by atoms with Crippen molar-refractivity contribution in [1.29, 1.82) is 0 Å². The van der Waals surface area contributed by atoms with Crippen LogP contribution in [0.4, 0.5) is 5.82 Å². The van der Waals surface area contributed by atoms with Gasteiger partial charge in [0.15, 0.2) is 0 Å². The van der Waals surface area contributed by atoms with E-state index in [9.17, 15) is 10.0 Å². The first-order valence-electron chi connectivity index (χ1n) is 6.18. The van der Waals surface area contributed by atoms with Crippen LogP contribution in [0.15, 0.2) is 11.1 Å². The first kappa shape index (κ1) is 12.6. The van der Waals surface area contributed by atoms with Crippen molar-refractivity contribution in [3.8, 4) is 0 Å². The molecular formula is C12H18N4O2. The van der Waals surface area contributed by atoms with Gasteiger partial charge in [-0.2, -0.15) is 14.7 Å². The van der Waals surface area contributed by atoms with Gasteiger partial charge in [0, 0.05) is 26.1 Å². The van der Waals surface area contributed by atoms with Gasteiger partial charge in [-0.3, -0.25) is 4.79 Å². The van der Waals surface area contributed by atoms with Crippen LogP contribution in [0.1, 0.15) is 31.9 Å². The maximum Gasteiger partial charge on any atom is 0.268 e. The second-order valence-electron chi connectivity index (χ2n) is 4.55. The summed E-state index contributed by atoms with van der Waals surface area (Å²) in [5.74, 6) is 0.401. The lowest BCUT2D eigenvalue weighted by Gasteiger charge is -2.27. The fourth-order valence-corrected chi connectivity index (χ4v) is 2.09. The molecule has 1 amide bonds. The summed E-state index contributed by atoms with van der Waals surface area (Å²) in [6.07, 6.45) is 3.54. The molecule has 1 N–H and O–H groups in total. The lowest BCUT2D eigenvalue weighted by molar-refractivity contribution is -0.116. The van der Waals surface area contributed by atoms with Crippen LogP contribution in [0.5, 0.6) is 0 Å². The summed E-state index contributed by atoms with van der Waals surface area (Å²) >= 11 is 0. The van der Waals surface area contributed by atoms with Crippen molar-refractivity contribution in [1.82, 2.24) is 9.71 Å². The van der Waals surface area contributed by atoms with Crippen LogP contribution >= 0.6 is 0 Å². The van der Waals surface area contributed by atoms with Crippen molar-refractivity contribution in [2.75, 3.05) is 18.0 Å². The Morgan fingerprint density at radius 1 is 1.39 bits per heavy atom. The number of anilines is 1. The summed E-state index contributed by atoms with van der Waals surface area (Å²) < 4.78 is 0.842. The molecule has 1 aliphatic rings. The molecular weight excluding hydrogens is 232 g/mol. The first-order chi connectivity index (χ1) is 8.58. The zero-order valence-electron chi connectivity index (χ0n) is 10.8. The van der Waals surface area contributed by atoms with Gasteiger partial charge in [-0.25, -0.2) is 0 Å². The quantitative estimate of drug-likeness (QED) is 0.751. The molecule has 6 heteroatoms. The minimum atomic E-state index is -0.375. The molecule has 0 radical (unpaired) electrons. The van der Waals surface area contributed by atoms with Crippen LogP contribution < -0.4 is 10.5 Å². The van der Waals surface area contributed by atoms with Crippen LogP contribution in [0.3, 0.4) is 0 Å². The minimum Gasteiger partial charge on any atom is -0.425 e. The highest BCUT2D eigenvalue weighted by atomic mass is 16.5. The molecule has 0 aliphatic carbocycles. The number of rotatable bonds is 1. The topological polar surface area (TPSA) is 70.7 Å². The van der Waals surface area contributed by atoms with Crippen molar-refractivity contribution in [2.24, 2.45) is 4.99 Å². The Labute approximate surface area is 106 Å². The predicted molar refractivity (Wildman–Crippen MR) is 66.5 cm³/mol. The monoisotopic (exact) mass is 250 g/mol. The summed E-state index contributed by atoms with van der Waals surface area (Å²) in [5, 5.41) is 9.76. The third-order valence-corrected chi connectivity index (χ3v) is 3.01. The van der Waals surface area contributed by atoms with Gasteiger partial charge in [-0.15, -0.1) is 0 Å². The normalized spacial score (nSPS) is 17.0. The fourth-order valence-electron chi connectivity index (χ4n) is 2.09. The van der Waals surface area contributed by atoms with Gasteiger partial charge in [0.1, 0.15) is 5.82 Å². The molecule has 1 aromatic heterocycles. The highest BCUT2D eigenvalue weighted by molar-refractivity contribution is 5.73. The lowest BCUT2D eigenvalue weighted by Crippen LogP contribution is -2.34. The average Bonchev–Trinajstić information content (AvgIpc) is 2.35. The van der Waals surface area contributed by atoms with E-state index in [1.807, 2.05) is 6.07 Å². The van der Waals surface area contributed by atoms with Crippen molar-refractivity contribution in [2.45, 2.75) is 33.1 Å². The molecule has 1 aliphatic heterocycles. The molecule has 1 saturated heterocycles. The standard InChI is InChI=1S/C12H18N4O2/c1-9-8-11(15-6-4-3-5-7-15)14-12(16(9)18)13-10(2)17/h8,18H,3-7H2,1-2H3. The van der Waals surface area contributed by atoms with Crippen LogP contribution in [-0.4, -0.2) is 33.9 Å². The van der Waals surface area contributed by atoms with E-state index in [0.29, 0.717) is 5.69 Å². The van der Waals surface area contributed by atoms with Crippen molar-refractivity contribution >= 4 is 11.7 Å². The Hall–Kier alpha value is -1.85. The number of hydrogen-bond donors (Lipinski definition) is 1. The molecule has 1 fully saturated rings. The molecule has 6 nitrogen and oxygen atoms in total. The van der Waals surface area contributed by atoms with Gasteiger partial charge in [-0.1, -0.05) is 0 Å². The third-order valence-electron chi connectivity index (χ3n) is 3.01. The molecule has 0 atom stereocenters. The Bertz CT molecular complexity index is 515. The van der Waals surface area contributed by atoms with E-state index in [-0.39, 0.29) is 11.5 Å². The zero-order valence-corrected chi connectivity index (χ0v) is 10.8. The molecule has 1 aromatic rings. The predicted octanol–water partition coefficient (Wildman–Crippen LogP) is 0.866. The maximum atomic E-state index is 11.0. The number of carbonyl (C=O) groups is 1. The molecule has 18 heavy (non-hydrogen) atoms. The highest BCUT2D eigenvalue weighted by Crippen LogP contribution is 2.16. The van der Waals surface area contributed by atoms with Crippen molar-refractivity contribution < 1.29 is 10.0 Å². The van der Waals surface area contributed by atoms with Crippen LogP contribution in [0.25, 0.3) is 0 Å². The fraction of sp³-hybridized carbons (Fsp3) is 0.583. The summed E-state index contributed by atoms with van der Waals surface area (Å²) in [5.41, 5.74) is 0.661. The molecule has 0 saturated carbocycles. The Balaban J connectivity index is 2.43. The highest BCUT2D eigenvalue weighted by Gasteiger charge is 2.14. The SMILES string of the molecule is CC(=O)N=c1nc(N2CCCCC2)cc(C)n1O. The van der Waals surface area contributed by atoms with Crippen molar-refractivity contribution in [3.63, 3.8) is 0 Å². The van der Waals surface area contributed by atoms with Gasteiger partial charge in [0.2, 0.25) is 5.91 Å². The Kier molecular flexibility index (Phi) is 3.64. The second kappa shape index (κ2) is 5.20. The average molecular weight is 250 g/mol. The van der Waals surface area contributed by atoms with Crippen LogP contribution in [0.2, 0.25) is 0 Å².